The third-order valence-corrected chi connectivity index (χ3v) is 6.94. The molecule has 0 unspecified atom stereocenters. The largest absolute Gasteiger partial charge is 0.477 e. The molecule has 2 N–H and O–H groups in total. The number of carboxylic acid groups (broad SMARTS) is 1. The number of nitrogens with one attached hydrogen (secondary N) is 1. The van der Waals surface area contributed by atoms with Gasteiger partial charge in [-0.1, -0.05) is 48.0 Å². The summed E-state index contributed by atoms with van der Waals surface area (Å²) in [5, 5.41) is 9.51. The zero-order valence-electron chi connectivity index (χ0n) is 15.1. The first-order valence-corrected chi connectivity index (χ1v) is 10.5. The Balaban J connectivity index is 2.07. The Kier molecular flexibility index (Phi) is 5.08. The molecular weight excluding hydrogens is 382 g/mol. The van der Waals surface area contributed by atoms with Gasteiger partial charge in [0.1, 0.15) is 4.88 Å². The Morgan fingerprint density at radius 3 is 2.15 bits per heavy atom. The third-order valence-electron chi connectivity index (χ3n) is 4.10. The molecule has 7 heteroatoms. The molecule has 0 bridgehead atoms. The van der Waals surface area contributed by atoms with Crippen LogP contribution < -0.4 is 4.72 Å². The second-order valence-electron chi connectivity index (χ2n) is 6.36. The predicted octanol–water partition coefficient (Wildman–Crippen LogP) is 4.84. The van der Waals surface area contributed by atoms with Gasteiger partial charge in [-0.2, -0.15) is 0 Å². The van der Waals surface area contributed by atoms with Gasteiger partial charge in [-0.05, 0) is 43.5 Å². The SMILES string of the molecule is Cc1cc(C)c(S(=O)(=O)Nc2cc(-c3ccccc3)sc2C(=O)O)c(C)c1. The zero-order chi connectivity index (χ0) is 19.8. The number of carbonyl (C=O) groups is 1. The number of hydrogen-bond donors (Lipinski definition) is 2. The topological polar surface area (TPSA) is 83.5 Å². The maximum Gasteiger partial charge on any atom is 0.348 e. The number of carboxylic acids is 1. The lowest BCUT2D eigenvalue weighted by molar-refractivity contribution is 0.0703. The Labute approximate surface area is 162 Å². The summed E-state index contributed by atoms with van der Waals surface area (Å²) in [6.07, 6.45) is 0. The van der Waals surface area contributed by atoms with Crippen LogP contribution in [-0.4, -0.2) is 19.5 Å². The molecule has 0 aliphatic heterocycles. The van der Waals surface area contributed by atoms with Gasteiger partial charge >= 0.3 is 5.97 Å². The number of aromatic carboxylic acids is 1. The Hall–Kier alpha value is -2.64. The fourth-order valence-electron chi connectivity index (χ4n) is 3.16. The van der Waals surface area contributed by atoms with Crippen molar-refractivity contribution in [3.05, 3.63) is 70.1 Å². The average Bonchev–Trinajstić information content (AvgIpc) is 2.97. The van der Waals surface area contributed by atoms with Gasteiger partial charge in [0.15, 0.2) is 0 Å². The monoisotopic (exact) mass is 401 g/mol. The van der Waals surface area contributed by atoms with Gasteiger partial charge in [0.25, 0.3) is 10.0 Å². The van der Waals surface area contributed by atoms with E-state index in [1.165, 1.54) is 0 Å². The summed E-state index contributed by atoms with van der Waals surface area (Å²) in [5.74, 6) is -1.17. The molecule has 5 nitrogen and oxygen atoms in total. The average molecular weight is 402 g/mol. The lowest BCUT2D eigenvalue weighted by Gasteiger charge is -2.13. The number of rotatable bonds is 5. The van der Waals surface area contributed by atoms with E-state index in [0.717, 1.165) is 22.5 Å². The summed E-state index contributed by atoms with van der Waals surface area (Å²) in [5.41, 5.74) is 3.12. The molecule has 0 saturated carbocycles. The van der Waals surface area contributed by atoms with Crippen LogP contribution >= 0.6 is 11.3 Å². The van der Waals surface area contributed by atoms with Gasteiger partial charge in [-0.25, -0.2) is 13.2 Å². The van der Waals surface area contributed by atoms with Gasteiger partial charge in [0.05, 0.1) is 10.6 Å². The summed E-state index contributed by atoms with van der Waals surface area (Å²) in [6, 6.07) is 14.4. The van der Waals surface area contributed by atoms with Crippen LogP contribution in [0.15, 0.2) is 53.4 Å². The molecule has 0 amide bonds. The molecule has 2 aromatic carbocycles. The molecule has 0 atom stereocenters. The van der Waals surface area contributed by atoms with Crippen molar-refractivity contribution in [3.8, 4) is 10.4 Å². The molecule has 27 heavy (non-hydrogen) atoms. The van der Waals surface area contributed by atoms with Crippen LogP contribution in [0.25, 0.3) is 10.4 Å². The fourth-order valence-corrected chi connectivity index (χ4v) is 5.70. The smallest absolute Gasteiger partial charge is 0.348 e. The van der Waals surface area contributed by atoms with Crippen molar-refractivity contribution in [2.24, 2.45) is 0 Å². The van der Waals surface area contributed by atoms with Gasteiger partial charge in [-0.3, -0.25) is 4.72 Å². The van der Waals surface area contributed by atoms with E-state index in [9.17, 15) is 18.3 Å². The van der Waals surface area contributed by atoms with Crippen molar-refractivity contribution in [2.75, 3.05) is 4.72 Å². The van der Waals surface area contributed by atoms with Crippen LogP contribution in [0, 0.1) is 20.8 Å². The van der Waals surface area contributed by atoms with Crippen molar-refractivity contribution in [3.63, 3.8) is 0 Å². The second-order valence-corrected chi connectivity index (χ2v) is 9.03. The highest BCUT2D eigenvalue weighted by molar-refractivity contribution is 7.92. The molecule has 0 spiro atoms. The molecule has 0 aliphatic carbocycles. The van der Waals surface area contributed by atoms with E-state index in [0.29, 0.717) is 16.0 Å². The lowest BCUT2D eigenvalue weighted by Crippen LogP contribution is -2.17. The predicted molar refractivity (Wildman–Crippen MR) is 108 cm³/mol. The first-order valence-electron chi connectivity index (χ1n) is 8.22. The Morgan fingerprint density at radius 1 is 1.00 bits per heavy atom. The van der Waals surface area contributed by atoms with Gasteiger partial charge in [0, 0.05) is 4.88 Å². The van der Waals surface area contributed by atoms with E-state index in [2.05, 4.69) is 4.72 Å². The quantitative estimate of drug-likeness (QED) is 0.641. The summed E-state index contributed by atoms with van der Waals surface area (Å²) in [6.45, 7) is 5.36. The van der Waals surface area contributed by atoms with Crippen LogP contribution in [0.2, 0.25) is 0 Å². The number of sulfonamides is 1. The molecule has 3 rings (SSSR count). The summed E-state index contributed by atoms with van der Waals surface area (Å²) in [7, 11) is -3.92. The molecule has 0 fully saturated rings. The van der Waals surface area contributed by atoms with Crippen molar-refractivity contribution < 1.29 is 18.3 Å². The number of aryl methyl sites for hydroxylation is 3. The molecule has 0 saturated heterocycles. The maximum atomic E-state index is 13.0. The highest BCUT2D eigenvalue weighted by Gasteiger charge is 2.24. The molecule has 1 aromatic heterocycles. The van der Waals surface area contributed by atoms with Crippen LogP contribution in [0.5, 0.6) is 0 Å². The summed E-state index contributed by atoms with van der Waals surface area (Å²) < 4.78 is 28.4. The molecule has 0 radical (unpaired) electrons. The number of benzene rings is 2. The number of hydrogen-bond acceptors (Lipinski definition) is 4. The minimum absolute atomic E-state index is 0.0418. The normalized spacial score (nSPS) is 11.4. The van der Waals surface area contributed by atoms with E-state index in [1.807, 2.05) is 37.3 Å². The van der Waals surface area contributed by atoms with Crippen LogP contribution in [-0.2, 0) is 10.0 Å². The Morgan fingerprint density at radius 2 is 1.59 bits per heavy atom. The first-order chi connectivity index (χ1) is 12.7. The molecule has 140 valence electrons. The maximum absolute atomic E-state index is 13.0. The van der Waals surface area contributed by atoms with Gasteiger partial charge in [0.2, 0.25) is 0 Å². The summed E-state index contributed by atoms with van der Waals surface area (Å²) in [4.78, 5) is 12.5. The second kappa shape index (κ2) is 7.17. The Bertz CT molecular complexity index is 1090. The first kappa shape index (κ1) is 19.1. The number of thiophene rings is 1. The highest BCUT2D eigenvalue weighted by atomic mass is 32.2. The zero-order valence-corrected chi connectivity index (χ0v) is 16.7. The highest BCUT2D eigenvalue weighted by Crippen LogP contribution is 2.36. The molecular formula is C20H19NO4S2. The number of anilines is 1. The lowest BCUT2D eigenvalue weighted by atomic mass is 10.1. The van der Waals surface area contributed by atoms with Crippen molar-refractivity contribution >= 4 is 33.0 Å². The van der Waals surface area contributed by atoms with E-state index in [4.69, 9.17) is 0 Å². The summed E-state index contributed by atoms with van der Waals surface area (Å²) >= 11 is 1.04. The van der Waals surface area contributed by atoms with Crippen LogP contribution in [0.4, 0.5) is 5.69 Å². The fraction of sp³-hybridized carbons (Fsp3) is 0.150. The van der Waals surface area contributed by atoms with Crippen LogP contribution in [0.1, 0.15) is 26.4 Å². The van der Waals surface area contributed by atoms with Crippen LogP contribution in [0.3, 0.4) is 0 Å². The van der Waals surface area contributed by atoms with E-state index in [1.54, 1.807) is 32.0 Å². The van der Waals surface area contributed by atoms with E-state index < -0.39 is 16.0 Å². The molecule has 3 aromatic rings. The minimum atomic E-state index is -3.92. The van der Waals surface area contributed by atoms with Crippen molar-refractivity contribution in [1.29, 1.82) is 0 Å². The third kappa shape index (κ3) is 3.89. The van der Waals surface area contributed by atoms with E-state index >= 15 is 0 Å². The molecule has 0 aliphatic rings. The standard InChI is InChI=1S/C20H19NO4S2/c1-12-9-13(2)19(14(3)10-12)27(24,25)21-16-11-17(26-18(16)20(22)23)15-7-5-4-6-8-15/h4-11,21H,1-3H3,(H,22,23). The minimum Gasteiger partial charge on any atom is -0.477 e. The van der Waals surface area contributed by atoms with Gasteiger partial charge in [-0.15, -0.1) is 11.3 Å². The molecule has 1 heterocycles. The van der Waals surface area contributed by atoms with Crippen molar-refractivity contribution in [1.82, 2.24) is 0 Å². The van der Waals surface area contributed by atoms with Crippen molar-refractivity contribution in [2.45, 2.75) is 25.7 Å². The van der Waals surface area contributed by atoms with Gasteiger partial charge < -0.3 is 5.11 Å². The van der Waals surface area contributed by atoms with E-state index in [-0.39, 0.29) is 15.5 Å².